The lowest BCUT2D eigenvalue weighted by atomic mass is 10.1. The summed E-state index contributed by atoms with van der Waals surface area (Å²) in [5.74, 6) is -0.263. The number of nitrogens with zero attached hydrogens (tertiary/aromatic N) is 6. The lowest BCUT2D eigenvalue weighted by molar-refractivity contribution is 0.0945. The molecule has 4 heterocycles. The Bertz CT molecular complexity index is 1380. The van der Waals surface area contributed by atoms with Gasteiger partial charge in [0.05, 0.1) is 24.1 Å². The van der Waals surface area contributed by atoms with Crippen molar-refractivity contribution in [1.29, 1.82) is 0 Å². The lowest BCUT2D eigenvalue weighted by Gasteiger charge is -2.03. The molecule has 0 aliphatic rings. The highest BCUT2D eigenvalue weighted by Gasteiger charge is 2.11. The van der Waals surface area contributed by atoms with Crippen molar-refractivity contribution in [3.05, 3.63) is 90.3 Å². The van der Waals surface area contributed by atoms with E-state index in [1.165, 1.54) is 0 Å². The average molecular weight is 453 g/mol. The smallest absolute Gasteiger partial charge is 0.273 e. The summed E-state index contributed by atoms with van der Waals surface area (Å²) >= 11 is 0. The number of hydrogen-bond acceptors (Lipinski definition) is 6. The summed E-state index contributed by atoms with van der Waals surface area (Å²) in [4.78, 5) is 19.7. The maximum absolute atomic E-state index is 12.3. The van der Waals surface area contributed by atoms with E-state index in [1.807, 2.05) is 42.6 Å². The standard InChI is InChI=1S/C25H24N8O/c34-25(28-15-20-11-4-6-12-26-20)23-17-33(32-30-23)13-7-5-10-19-14-21-22(16-27-24(21)31-29-19)18-8-2-1-3-9-18/h1-4,6,8-9,11-12,14,16-17H,5,7,10,13,15H2,(H,27,31)(H,28,34). The van der Waals surface area contributed by atoms with E-state index in [2.05, 4.69) is 54.0 Å². The number of benzene rings is 1. The number of unbranched alkanes of at least 4 members (excludes halogenated alkanes) is 1. The number of aryl methyl sites for hydroxylation is 2. The number of nitrogens with one attached hydrogen (secondary N) is 2. The molecule has 9 heteroatoms. The van der Waals surface area contributed by atoms with E-state index in [0.717, 1.165) is 52.8 Å². The van der Waals surface area contributed by atoms with Crippen molar-refractivity contribution in [2.24, 2.45) is 0 Å². The van der Waals surface area contributed by atoms with E-state index in [9.17, 15) is 4.79 Å². The van der Waals surface area contributed by atoms with Crippen molar-refractivity contribution >= 4 is 16.9 Å². The lowest BCUT2D eigenvalue weighted by Crippen LogP contribution is -2.23. The molecular formula is C25H24N8O. The van der Waals surface area contributed by atoms with Gasteiger partial charge in [-0.2, -0.15) is 5.10 Å². The third kappa shape index (κ3) is 4.98. The molecule has 0 fully saturated rings. The van der Waals surface area contributed by atoms with Gasteiger partial charge in [-0.25, -0.2) is 0 Å². The van der Waals surface area contributed by atoms with Crippen molar-refractivity contribution in [2.75, 3.05) is 0 Å². The summed E-state index contributed by atoms with van der Waals surface area (Å²) in [5.41, 5.74) is 5.12. The SMILES string of the molecule is O=C(NCc1ccccn1)c1cn(CCCCc2cc3c(-c4ccccc4)c[nH]c3nn2)nn1. The Morgan fingerprint density at radius 2 is 1.85 bits per heavy atom. The van der Waals surface area contributed by atoms with Gasteiger partial charge < -0.3 is 10.3 Å². The van der Waals surface area contributed by atoms with E-state index >= 15 is 0 Å². The van der Waals surface area contributed by atoms with Crippen molar-refractivity contribution < 1.29 is 4.79 Å². The van der Waals surface area contributed by atoms with Crippen LogP contribution in [0.1, 0.15) is 34.7 Å². The number of hydrogen-bond donors (Lipinski definition) is 2. The van der Waals surface area contributed by atoms with Gasteiger partial charge >= 0.3 is 0 Å². The zero-order valence-corrected chi connectivity index (χ0v) is 18.6. The number of aromatic amines is 1. The monoisotopic (exact) mass is 452 g/mol. The number of carbonyl (C=O) groups excluding carboxylic acids is 1. The molecule has 1 amide bonds. The Morgan fingerprint density at radius 3 is 2.71 bits per heavy atom. The first-order chi connectivity index (χ1) is 16.8. The van der Waals surface area contributed by atoms with Crippen LogP contribution in [0.15, 0.2) is 73.2 Å². The maximum Gasteiger partial charge on any atom is 0.273 e. The van der Waals surface area contributed by atoms with E-state index < -0.39 is 0 Å². The third-order valence-electron chi connectivity index (χ3n) is 5.57. The van der Waals surface area contributed by atoms with E-state index in [0.29, 0.717) is 18.8 Å². The van der Waals surface area contributed by atoms with E-state index in [1.54, 1.807) is 17.1 Å². The van der Waals surface area contributed by atoms with Crippen LogP contribution in [-0.2, 0) is 19.5 Å². The summed E-state index contributed by atoms with van der Waals surface area (Å²) in [6.07, 6.45) is 7.97. The summed E-state index contributed by atoms with van der Waals surface area (Å²) in [7, 11) is 0. The molecule has 0 unspecified atom stereocenters. The number of pyridine rings is 1. The fourth-order valence-electron chi connectivity index (χ4n) is 3.80. The summed E-state index contributed by atoms with van der Waals surface area (Å²) in [5, 5.41) is 20.7. The molecule has 0 radical (unpaired) electrons. The van der Waals surface area contributed by atoms with Crippen LogP contribution in [0.3, 0.4) is 0 Å². The van der Waals surface area contributed by atoms with Gasteiger partial charge in [0.15, 0.2) is 11.3 Å². The molecule has 2 N–H and O–H groups in total. The average Bonchev–Trinajstić information content (AvgIpc) is 3.53. The molecular weight excluding hydrogens is 428 g/mol. The van der Waals surface area contributed by atoms with Crippen LogP contribution in [-0.4, -0.2) is 41.1 Å². The molecule has 1 aromatic carbocycles. The Balaban J connectivity index is 1.13. The first kappa shape index (κ1) is 21.4. The highest BCUT2D eigenvalue weighted by molar-refractivity contribution is 5.93. The second-order valence-corrected chi connectivity index (χ2v) is 7.99. The van der Waals surface area contributed by atoms with Crippen LogP contribution in [0.5, 0.6) is 0 Å². The van der Waals surface area contributed by atoms with Crippen molar-refractivity contribution in [3.8, 4) is 11.1 Å². The molecule has 9 nitrogen and oxygen atoms in total. The highest BCUT2D eigenvalue weighted by Crippen LogP contribution is 2.27. The minimum atomic E-state index is -0.263. The summed E-state index contributed by atoms with van der Waals surface area (Å²) in [6.45, 7) is 1.03. The zero-order valence-electron chi connectivity index (χ0n) is 18.6. The molecule has 0 bridgehead atoms. The molecule has 0 atom stereocenters. The first-order valence-electron chi connectivity index (χ1n) is 11.2. The second-order valence-electron chi connectivity index (χ2n) is 7.99. The number of aromatic nitrogens is 7. The van der Waals surface area contributed by atoms with Gasteiger partial charge in [-0.15, -0.1) is 10.2 Å². The van der Waals surface area contributed by atoms with Gasteiger partial charge in [0.2, 0.25) is 0 Å². The van der Waals surface area contributed by atoms with Crippen LogP contribution >= 0.6 is 0 Å². The topological polar surface area (TPSA) is 114 Å². The normalized spacial score (nSPS) is 11.1. The largest absolute Gasteiger partial charge is 0.345 e. The van der Waals surface area contributed by atoms with Crippen LogP contribution in [0, 0.1) is 0 Å². The predicted molar refractivity (Wildman–Crippen MR) is 128 cm³/mol. The Hall–Kier alpha value is -4.40. The zero-order chi connectivity index (χ0) is 23.2. The van der Waals surface area contributed by atoms with Gasteiger partial charge in [-0.1, -0.05) is 41.6 Å². The summed E-state index contributed by atoms with van der Waals surface area (Å²) < 4.78 is 1.70. The molecule has 0 spiro atoms. The van der Waals surface area contributed by atoms with E-state index in [4.69, 9.17) is 0 Å². The van der Waals surface area contributed by atoms with Crippen LogP contribution < -0.4 is 5.32 Å². The fourth-order valence-corrected chi connectivity index (χ4v) is 3.80. The Kier molecular flexibility index (Phi) is 6.33. The number of H-pyrrole nitrogens is 1. The maximum atomic E-state index is 12.3. The molecule has 5 rings (SSSR count). The highest BCUT2D eigenvalue weighted by atomic mass is 16.2. The van der Waals surface area contributed by atoms with E-state index in [-0.39, 0.29) is 5.91 Å². The molecule has 0 aliphatic carbocycles. The second kappa shape index (κ2) is 10.0. The molecule has 34 heavy (non-hydrogen) atoms. The van der Waals surface area contributed by atoms with Crippen LogP contribution in [0.2, 0.25) is 0 Å². The molecule has 5 aromatic rings. The fraction of sp³-hybridized carbons (Fsp3) is 0.200. The number of amides is 1. The van der Waals surface area contributed by atoms with Gasteiger partial charge in [0.1, 0.15) is 0 Å². The van der Waals surface area contributed by atoms with Gasteiger partial charge in [-0.05, 0) is 43.0 Å². The predicted octanol–water partition coefficient (Wildman–Crippen LogP) is 3.56. The molecule has 0 saturated carbocycles. The van der Waals surface area contributed by atoms with Crippen molar-refractivity contribution in [1.82, 2.24) is 40.5 Å². The van der Waals surface area contributed by atoms with Crippen molar-refractivity contribution in [3.63, 3.8) is 0 Å². The Labute approximate surface area is 196 Å². The molecule has 0 aliphatic heterocycles. The van der Waals surface area contributed by atoms with Gasteiger partial charge in [0, 0.05) is 29.9 Å². The molecule has 4 aromatic heterocycles. The van der Waals surface area contributed by atoms with Crippen LogP contribution in [0.4, 0.5) is 0 Å². The molecule has 170 valence electrons. The minimum Gasteiger partial charge on any atom is -0.345 e. The number of rotatable bonds is 9. The van der Waals surface area contributed by atoms with Gasteiger partial charge in [0.25, 0.3) is 5.91 Å². The van der Waals surface area contributed by atoms with Crippen molar-refractivity contribution in [2.45, 2.75) is 32.4 Å². The molecule has 0 saturated heterocycles. The number of carbonyl (C=O) groups is 1. The van der Waals surface area contributed by atoms with Gasteiger partial charge in [-0.3, -0.25) is 14.5 Å². The first-order valence-corrected chi connectivity index (χ1v) is 11.2. The summed E-state index contributed by atoms with van der Waals surface area (Å²) in [6, 6.07) is 17.9. The van der Waals surface area contributed by atoms with Crippen LogP contribution in [0.25, 0.3) is 22.2 Å². The minimum absolute atomic E-state index is 0.263. The quantitative estimate of drug-likeness (QED) is 0.331. The Morgan fingerprint density at radius 1 is 0.971 bits per heavy atom. The number of fused-ring (bicyclic) bond motifs is 1. The third-order valence-corrected chi connectivity index (χ3v) is 5.57.